The van der Waals surface area contributed by atoms with Crippen LogP contribution < -0.4 is 72.9 Å². The van der Waals surface area contributed by atoms with Crippen molar-refractivity contribution in [3.05, 3.63) is 182 Å². The summed E-state index contributed by atoms with van der Waals surface area (Å²) in [6, 6.07) is 14.8. The largest absolute Gasteiger partial charge is 0.508 e. The fraction of sp³-hybridized carbons (Fsp3) is 0.432. The summed E-state index contributed by atoms with van der Waals surface area (Å²) >= 11 is 14.7. The maximum atomic E-state index is 16.6. The van der Waals surface area contributed by atoms with E-state index in [1.165, 1.54) is 51.2 Å². The third-order valence-electron chi connectivity index (χ3n) is 23.2. The van der Waals surface area contributed by atoms with Crippen LogP contribution in [0, 0.1) is 12.8 Å². The van der Waals surface area contributed by atoms with Crippen LogP contribution in [0.2, 0.25) is 10.0 Å². The van der Waals surface area contributed by atoms with Gasteiger partial charge in [0.2, 0.25) is 53.4 Å². The van der Waals surface area contributed by atoms with Gasteiger partial charge in [0.25, 0.3) is 0 Å². The quantitative estimate of drug-likeness (QED) is 0.0482. The number of primary amides is 1. The Hall–Kier alpha value is -11.1. The predicted molar refractivity (Wildman–Crippen MR) is 450 cm³/mol. The van der Waals surface area contributed by atoms with E-state index in [4.69, 9.17) is 77.3 Å². The zero-order valence-electron chi connectivity index (χ0n) is 70.0. The number of rotatable bonds is 21. The van der Waals surface area contributed by atoms with Crippen LogP contribution >= 0.6 is 23.2 Å². The van der Waals surface area contributed by atoms with Gasteiger partial charge in [-0.15, -0.1) is 0 Å². The highest BCUT2D eigenvalue weighted by molar-refractivity contribution is 6.32. The molecule has 0 aromatic heterocycles. The van der Waals surface area contributed by atoms with E-state index in [2.05, 4.69) is 42.5 Å². The van der Waals surface area contributed by atoms with Crippen molar-refractivity contribution in [2.45, 2.75) is 221 Å². The molecule has 7 aromatic carbocycles. The number of aryl methyl sites for hydroxylation is 1. The van der Waals surface area contributed by atoms with Crippen LogP contribution in [-0.4, -0.2) is 215 Å². The molecule has 8 heterocycles. The number of aromatic hydroxyl groups is 3. The number of aliphatic hydroxyl groups is 6. The molecule has 0 radical (unpaired) electrons. The van der Waals surface area contributed by atoms with Gasteiger partial charge in [-0.1, -0.05) is 97.2 Å². The van der Waals surface area contributed by atoms with E-state index >= 15 is 24.0 Å². The summed E-state index contributed by atoms with van der Waals surface area (Å²) in [6.07, 6.45) is -23.0. The van der Waals surface area contributed by atoms with Gasteiger partial charge in [0.15, 0.2) is 36.2 Å². The second-order valence-electron chi connectivity index (χ2n) is 33.4. The van der Waals surface area contributed by atoms with Crippen LogP contribution in [-0.2, 0) is 75.2 Å². The molecule has 11 bridgehead atoms. The number of benzene rings is 7. The number of ether oxygens (including phenoxy) is 9. The Morgan fingerprint density at radius 1 is 0.646 bits per heavy atom. The van der Waals surface area contributed by atoms with E-state index < -0.39 is 261 Å². The van der Waals surface area contributed by atoms with Gasteiger partial charge < -0.3 is 148 Å². The summed E-state index contributed by atoms with van der Waals surface area (Å²) in [5.41, 5.74) is 9.82. The second-order valence-corrected chi connectivity index (χ2v) is 34.2. The van der Waals surface area contributed by atoms with Crippen LogP contribution in [0.15, 0.2) is 127 Å². The molecule has 22 N–H and O–H groups in total. The number of carbonyl (C=O) groups is 8. The molecule has 3 fully saturated rings. The highest BCUT2D eigenvalue weighted by atomic mass is 35.5. The minimum atomic E-state index is -2.40. The highest BCUT2D eigenvalue weighted by Crippen LogP contribution is 2.51. The average Bonchev–Trinajstić information content (AvgIpc) is 0.763. The summed E-state index contributed by atoms with van der Waals surface area (Å²) in [5.74, 6) is -15.5. The molecule has 15 rings (SSSR count). The molecule has 22 atom stereocenters. The summed E-state index contributed by atoms with van der Waals surface area (Å²) < 4.78 is 59.0. The Morgan fingerprint density at radius 3 is 1.87 bits per heavy atom. The number of carboxylic acid groups (broad SMARTS) is 1. The van der Waals surface area contributed by atoms with Crippen LogP contribution in [0.5, 0.6) is 51.7 Å². The maximum Gasteiger partial charge on any atom is 0.330 e. The van der Waals surface area contributed by atoms with Crippen molar-refractivity contribution in [2.24, 2.45) is 17.4 Å². The van der Waals surface area contributed by atoms with E-state index in [-0.39, 0.29) is 59.2 Å². The molecule has 7 amide bonds. The number of nitrogens with two attached hydrogens (primary N) is 2. The SMILES string of the molecule is CN[C@H](CC(C)C)C(=O)N[C@H]1C(=O)N[C@@H](CC(N)=O)C(=O)N[C@H]2C(=O)N[C@H]3C(=O)N[C@H](C(=O)N[C@H](C(=O)O)c4cc(O)cc(O)c4-c4cc3ccc4O)[C@H](O[C@H]3C[C@](C)(N)[C@@H](O)[C@H](C)O3)c3ccc(c(Cl)c3)Oc3cc2cc(c3O[C@@H]2O[C@H](CO)[C@@H](O)[C@H](O)[C@H]2O[C@@H]2C[C@](C)(NCc3ccc(OCc4ccc(C)cc4)cc3)[C@@H](O)[C@H](C)O2)Oc2ccc(cc2Cl)[C@H]1O. The van der Waals surface area contributed by atoms with Crippen LogP contribution in [0.1, 0.15) is 142 Å². The van der Waals surface area contributed by atoms with Gasteiger partial charge in [0, 0.05) is 53.2 Å². The van der Waals surface area contributed by atoms with Crippen LogP contribution in [0.3, 0.4) is 0 Å². The lowest BCUT2D eigenvalue weighted by molar-refractivity contribution is -0.334. The van der Waals surface area contributed by atoms with Crippen molar-refractivity contribution < 1.29 is 132 Å². The van der Waals surface area contributed by atoms with Gasteiger partial charge in [0.05, 0.1) is 53.5 Å². The lowest BCUT2D eigenvalue weighted by atomic mass is 9.84. The standard InChI is InChI=1S/C88H102Cl2N10O27/c1-37(2)23-53(93-8)79(111)99-69-71(106)44-16-21-57(51(89)25-44)122-59-27-46-28-60(75(59)127-86-76(73(108)72(107)61(35-101)124-86)126-64-33-88(7,78(110)40(5)121-64)94-34-41-13-18-48(19-14-41)119-36-42-11-9-38(3)10-12-42)123-58-22-17-45(26-52(58)90)74(125-63-32-87(6,92)77(109)39(4)120-63)70-84(116)98-68(85(117)118)50-29-47(102)30-56(104)65(50)49-24-43(15-20-55(49)103)66(81(113)100-70)97-82(114)67(46)96-80(112)54(31-62(91)105)95-83(69)115/h9-22,24-30,37,39-40,53-54,61,63-64,66-74,76-78,86,93-94,101-104,106-110H,23,31-36,92H2,1-8H3,(H2,91,105)(H,95,115)(H,96,112)(H,97,114)(H,98,116)(H,99,111)(H,100,113)(H,117,118)/t39-,40-,53+,54-,61+,63-,64+,66+,67+,68-,69+,70-,71+,72+,73-,74+,76+,77-,78-,86-,87-,88-/m0/s1. The number of fused-ring (bicyclic) bond motifs is 15. The second kappa shape index (κ2) is 38.9. The molecule has 37 nitrogen and oxygen atoms in total. The fourth-order valence-corrected chi connectivity index (χ4v) is 16.7. The predicted octanol–water partition coefficient (Wildman–Crippen LogP) is 4.06. The number of hydrogen-bond donors (Lipinski definition) is 20. The lowest BCUT2D eigenvalue weighted by Gasteiger charge is -2.48. The first-order valence-electron chi connectivity index (χ1n) is 41.0. The number of hydrogen-bond acceptors (Lipinski definition) is 29. The Morgan fingerprint density at radius 2 is 1.25 bits per heavy atom. The van der Waals surface area contributed by atoms with Crippen molar-refractivity contribution in [3.63, 3.8) is 0 Å². The normalized spacial score (nSPS) is 29.4. The molecular weight excluding hydrogens is 1700 g/mol. The molecule has 3 saturated heterocycles. The first-order chi connectivity index (χ1) is 60.2. The molecule has 680 valence electrons. The number of likely N-dealkylation sites (N-methyl/N-ethyl adjacent to an activating group) is 1. The monoisotopic (exact) mass is 1800 g/mol. The number of phenols is 3. The van der Waals surface area contributed by atoms with Gasteiger partial charge in [-0.25, -0.2) is 4.79 Å². The molecular formula is C88H102Cl2N10O27. The van der Waals surface area contributed by atoms with E-state index in [1.807, 2.05) is 57.2 Å². The van der Waals surface area contributed by atoms with Crippen molar-refractivity contribution >= 4 is 70.5 Å². The third-order valence-corrected chi connectivity index (χ3v) is 23.8. The van der Waals surface area contributed by atoms with Crippen molar-refractivity contribution in [3.8, 4) is 62.9 Å². The molecule has 0 aliphatic carbocycles. The number of nitrogens with one attached hydrogen (secondary N) is 8. The smallest absolute Gasteiger partial charge is 0.330 e. The average molecular weight is 1800 g/mol. The van der Waals surface area contributed by atoms with Gasteiger partial charge in [-0.3, -0.25) is 33.6 Å². The molecule has 8 aliphatic heterocycles. The maximum absolute atomic E-state index is 16.6. The number of amides is 7. The summed E-state index contributed by atoms with van der Waals surface area (Å²) in [4.78, 5) is 121. The highest BCUT2D eigenvalue weighted by Gasteiger charge is 2.53. The molecule has 8 aliphatic rings. The Kier molecular flexibility index (Phi) is 28.6. The van der Waals surface area contributed by atoms with Gasteiger partial charge in [-0.05, 0) is 154 Å². The van der Waals surface area contributed by atoms with Crippen molar-refractivity contribution in [2.75, 3.05) is 13.7 Å². The van der Waals surface area contributed by atoms with E-state index in [0.717, 1.165) is 65.2 Å². The number of aliphatic carboxylic acids is 1. The van der Waals surface area contributed by atoms with Crippen molar-refractivity contribution in [1.29, 1.82) is 0 Å². The molecule has 0 spiro atoms. The molecule has 7 aromatic rings. The minimum absolute atomic E-state index is 0.120. The molecule has 127 heavy (non-hydrogen) atoms. The number of carbonyl (C=O) groups excluding carboxylic acids is 7. The third kappa shape index (κ3) is 20.9. The summed E-state index contributed by atoms with van der Waals surface area (Å²) in [7, 11) is 1.48. The number of aliphatic hydroxyl groups excluding tert-OH is 6. The van der Waals surface area contributed by atoms with Crippen LogP contribution in [0.4, 0.5) is 0 Å². The van der Waals surface area contributed by atoms with Gasteiger partial charge >= 0.3 is 5.97 Å². The Balaban J connectivity index is 1.00. The molecule has 0 saturated carbocycles. The van der Waals surface area contributed by atoms with Gasteiger partial charge in [0.1, 0.15) is 102 Å². The molecule has 39 heteroatoms. The van der Waals surface area contributed by atoms with E-state index in [9.17, 15) is 65.4 Å². The first-order valence-corrected chi connectivity index (χ1v) is 41.7. The first kappa shape index (κ1) is 93.6. The Labute approximate surface area is 737 Å². The zero-order chi connectivity index (χ0) is 91.7. The van der Waals surface area contributed by atoms with Crippen molar-refractivity contribution in [1.82, 2.24) is 42.5 Å². The van der Waals surface area contributed by atoms with Crippen LogP contribution in [0.25, 0.3) is 11.1 Å². The summed E-state index contributed by atoms with van der Waals surface area (Å²) in [5, 5.41) is 138. The fourth-order valence-electron chi connectivity index (χ4n) is 16.3. The number of phenolic OH excluding ortho intramolecular Hbond substituents is 3. The minimum Gasteiger partial charge on any atom is -0.508 e. The van der Waals surface area contributed by atoms with Gasteiger partial charge in [-0.2, -0.15) is 0 Å². The number of halogens is 2. The Bertz CT molecular complexity index is 5290. The summed E-state index contributed by atoms with van der Waals surface area (Å²) in [6.45, 7) is 11.3. The topological polar surface area (TPSA) is 570 Å². The van der Waals surface area contributed by atoms with E-state index in [1.54, 1.807) is 26.0 Å². The molecule has 0 unspecified atom stereocenters. The van der Waals surface area contributed by atoms with E-state index in [0.29, 0.717) is 12.4 Å². The number of carboxylic acids is 1. The zero-order valence-corrected chi connectivity index (χ0v) is 71.5. The lowest BCUT2D eigenvalue weighted by Crippen LogP contribution is -2.65.